The van der Waals surface area contributed by atoms with E-state index in [4.69, 9.17) is 0 Å². The first-order valence-electron chi connectivity index (χ1n) is 8.39. The van der Waals surface area contributed by atoms with E-state index >= 15 is 0 Å². The van der Waals surface area contributed by atoms with Crippen molar-refractivity contribution in [1.29, 1.82) is 0 Å². The van der Waals surface area contributed by atoms with Gasteiger partial charge in [0.25, 0.3) is 5.56 Å². The number of nitrogens with zero attached hydrogens (tertiary/aromatic N) is 4. The van der Waals surface area contributed by atoms with Gasteiger partial charge in [-0.3, -0.25) is 9.10 Å². The van der Waals surface area contributed by atoms with Gasteiger partial charge in [-0.1, -0.05) is 35.5 Å². The van der Waals surface area contributed by atoms with Crippen molar-refractivity contribution in [3.63, 3.8) is 0 Å². The molecule has 0 aliphatic heterocycles. The monoisotopic (exact) mass is 402 g/mol. The quantitative estimate of drug-likeness (QED) is 0.628. The van der Waals surface area contributed by atoms with E-state index < -0.39 is 27.6 Å². The van der Waals surface area contributed by atoms with Gasteiger partial charge in [0, 0.05) is 6.54 Å². The summed E-state index contributed by atoms with van der Waals surface area (Å²) in [5.74, 6) is -1.32. The normalized spacial score (nSPS) is 12.6. The van der Waals surface area contributed by atoms with Gasteiger partial charge in [-0.2, -0.15) is 0 Å². The molecule has 0 bridgehead atoms. The van der Waals surface area contributed by atoms with Crippen LogP contribution in [0.15, 0.2) is 59.4 Å². The summed E-state index contributed by atoms with van der Waals surface area (Å²) in [6.45, 7) is -0.105. The van der Waals surface area contributed by atoms with E-state index in [0.717, 1.165) is 15.2 Å². The highest BCUT2D eigenvalue weighted by Crippen LogP contribution is 2.22. The second-order valence-electron chi connectivity index (χ2n) is 6.17. The number of carbonyl (C=O) groups is 1. The molecule has 0 spiro atoms. The predicted octanol–water partition coefficient (Wildman–Crippen LogP) is 1.10. The molecule has 10 heteroatoms. The third-order valence-corrected chi connectivity index (χ3v) is 5.36. The Morgan fingerprint density at radius 1 is 1.14 bits per heavy atom. The van der Waals surface area contributed by atoms with Gasteiger partial charge in [-0.25, -0.2) is 17.9 Å². The molecule has 1 aromatic heterocycles. The number of fused-ring (bicyclic) bond motifs is 1. The van der Waals surface area contributed by atoms with Gasteiger partial charge < -0.3 is 5.11 Å². The zero-order chi connectivity index (χ0) is 20.3. The third kappa shape index (κ3) is 4.01. The first kappa shape index (κ1) is 19.5. The number of anilines is 1. The Labute approximate surface area is 160 Å². The Kier molecular flexibility index (Phi) is 5.41. The fraction of sp³-hybridized carbons (Fsp3) is 0.222. The molecule has 0 fully saturated rings. The fourth-order valence-electron chi connectivity index (χ4n) is 2.93. The van der Waals surface area contributed by atoms with Crippen LogP contribution in [0.1, 0.15) is 6.42 Å². The standard InChI is InChI=1S/C18H18N4O5S/c1-28(26,27)22(13-7-3-2-4-8-13)16(18(24)25)11-12-21-17(23)14-9-5-6-10-15(14)19-20-21/h2-10,16H,11-12H2,1H3,(H,24,25). The van der Waals surface area contributed by atoms with E-state index in [9.17, 15) is 23.1 Å². The van der Waals surface area contributed by atoms with Crippen LogP contribution in [0.25, 0.3) is 10.9 Å². The van der Waals surface area contributed by atoms with Crippen LogP contribution in [-0.4, -0.2) is 46.8 Å². The lowest BCUT2D eigenvalue weighted by Crippen LogP contribution is -2.46. The minimum atomic E-state index is -3.88. The average Bonchev–Trinajstić information content (AvgIpc) is 2.66. The zero-order valence-corrected chi connectivity index (χ0v) is 15.8. The number of benzene rings is 2. The number of hydrogen-bond donors (Lipinski definition) is 1. The summed E-state index contributed by atoms with van der Waals surface area (Å²) in [7, 11) is -3.88. The number of para-hydroxylation sites is 1. The van der Waals surface area contributed by atoms with Gasteiger partial charge in [-0.15, -0.1) is 5.10 Å². The van der Waals surface area contributed by atoms with E-state index in [0.29, 0.717) is 10.9 Å². The molecule has 3 rings (SSSR count). The zero-order valence-electron chi connectivity index (χ0n) is 15.0. The van der Waals surface area contributed by atoms with Crippen LogP contribution in [0.5, 0.6) is 0 Å². The predicted molar refractivity (Wildman–Crippen MR) is 104 cm³/mol. The van der Waals surface area contributed by atoms with Gasteiger partial charge >= 0.3 is 5.97 Å². The van der Waals surface area contributed by atoms with Crippen LogP contribution >= 0.6 is 0 Å². The van der Waals surface area contributed by atoms with Crippen LogP contribution in [0.2, 0.25) is 0 Å². The third-order valence-electron chi connectivity index (χ3n) is 4.18. The molecule has 146 valence electrons. The largest absolute Gasteiger partial charge is 0.480 e. The molecular weight excluding hydrogens is 384 g/mol. The molecule has 0 saturated carbocycles. The molecular formula is C18H18N4O5S. The van der Waals surface area contributed by atoms with Crippen LogP contribution in [0.4, 0.5) is 5.69 Å². The summed E-state index contributed by atoms with van der Waals surface area (Å²) in [5.41, 5.74) is 0.246. The van der Waals surface area contributed by atoms with Crippen molar-refractivity contribution in [1.82, 2.24) is 15.0 Å². The second kappa shape index (κ2) is 7.77. The summed E-state index contributed by atoms with van der Waals surface area (Å²) < 4.78 is 26.5. The Morgan fingerprint density at radius 3 is 2.43 bits per heavy atom. The first-order chi connectivity index (χ1) is 13.3. The maximum atomic E-state index is 12.5. The second-order valence-corrected chi connectivity index (χ2v) is 8.03. The molecule has 1 unspecified atom stereocenters. The minimum absolute atomic E-state index is 0.105. The summed E-state index contributed by atoms with van der Waals surface area (Å²) in [6.07, 6.45) is 0.780. The summed E-state index contributed by atoms with van der Waals surface area (Å²) >= 11 is 0. The fourth-order valence-corrected chi connectivity index (χ4v) is 4.10. The van der Waals surface area contributed by atoms with Crippen LogP contribution in [0, 0.1) is 0 Å². The molecule has 28 heavy (non-hydrogen) atoms. The van der Waals surface area contributed by atoms with Crippen molar-refractivity contribution < 1.29 is 18.3 Å². The molecule has 9 nitrogen and oxygen atoms in total. The van der Waals surface area contributed by atoms with Crippen LogP contribution in [0.3, 0.4) is 0 Å². The molecule has 0 aliphatic rings. The lowest BCUT2D eigenvalue weighted by Gasteiger charge is -2.28. The van der Waals surface area contributed by atoms with E-state index in [1.807, 2.05) is 0 Å². The number of hydrogen-bond acceptors (Lipinski definition) is 6. The molecule has 1 atom stereocenters. The SMILES string of the molecule is CS(=O)(=O)N(c1ccccc1)C(CCn1nnc2ccccc2c1=O)C(=O)O. The first-order valence-corrected chi connectivity index (χ1v) is 10.2. The Hall–Kier alpha value is -3.27. The Bertz CT molecular complexity index is 1160. The molecule has 0 aliphatic carbocycles. The van der Waals surface area contributed by atoms with E-state index in [-0.39, 0.29) is 18.7 Å². The van der Waals surface area contributed by atoms with Gasteiger partial charge in [0.15, 0.2) is 0 Å². The van der Waals surface area contributed by atoms with Crippen molar-refractivity contribution in [3.8, 4) is 0 Å². The van der Waals surface area contributed by atoms with Crippen molar-refractivity contribution in [2.45, 2.75) is 19.0 Å². The van der Waals surface area contributed by atoms with Crippen LogP contribution in [-0.2, 0) is 21.4 Å². The highest BCUT2D eigenvalue weighted by Gasteiger charge is 2.32. The van der Waals surface area contributed by atoms with E-state index in [1.165, 1.54) is 12.1 Å². The Morgan fingerprint density at radius 2 is 1.79 bits per heavy atom. The van der Waals surface area contributed by atoms with Crippen molar-refractivity contribution in [3.05, 3.63) is 65.0 Å². The highest BCUT2D eigenvalue weighted by molar-refractivity contribution is 7.92. The number of rotatable bonds is 7. The van der Waals surface area contributed by atoms with Crippen molar-refractivity contribution in [2.24, 2.45) is 0 Å². The molecule has 1 N–H and O–H groups in total. The van der Waals surface area contributed by atoms with Crippen LogP contribution < -0.4 is 9.86 Å². The molecule has 3 aromatic rings. The summed E-state index contributed by atoms with van der Waals surface area (Å²) in [6, 6.07) is 13.2. The topological polar surface area (TPSA) is 122 Å². The minimum Gasteiger partial charge on any atom is -0.480 e. The molecule has 1 heterocycles. The smallest absolute Gasteiger partial charge is 0.327 e. The number of sulfonamides is 1. The maximum absolute atomic E-state index is 12.5. The summed E-state index contributed by atoms with van der Waals surface area (Å²) in [4.78, 5) is 24.4. The van der Waals surface area contributed by atoms with Gasteiger partial charge in [0.05, 0.1) is 17.3 Å². The lowest BCUT2D eigenvalue weighted by atomic mass is 10.2. The van der Waals surface area contributed by atoms with Crippen molar-refractivity contribution in [2.75, 3.05) is 10.6 Å². The maximum Gasteiger partial charge on any atom is 0.327 e. The van der Waals surface area contributed by atoms with Gasteiger partial charge in [0.1, 0.15) is 11.6 Å². The average molecular weight is 402 g/mol. The summed E-state index contributed by atoms with van der Waals surface area (Å²) in [5, 5.41) is 17.8. The Balaban J connectivity index is 1.94. The number of aromatic nitrogens is 3. The van der Waals surface area contributed by atoms with Gasteiger partial charge in [-0.05, 0) is 30.7 Å². The molecule has 0 saturated heterocycles. The number of carboxylic acid groups (broad SMARTS) is 1. The number of aryl methyl sites for hydroxylation is 1. The lowest BCUT2D eigenvalue weighted by molar-refractivity contribution is -0.138. The van der Waals surface area contributed by atoms with E-state index in [1.54, 1.807) is 42.5 Å². The van der Waals surface area contributed by atoms with Crippen molar-refractivity contribution >= 4 is 32.6 Å². The molecule has 0 radical (unpaired) electrons. The number of carboxylic acids is 1. The molecule has 0 amide bonds. The molecule has 2 aromatic carbocycles. The number of aliphatic carboxylic acids is 1. The van der Waals surface area contributed by atoms with E-state index in [2.05, 4.69) is 10.3 Å². The van der Waals surface area contributed by atoms with Gasteiger partial charge in [0.2, 0.25) is 10.0 Å². The highest BCUT2D eigenvalue weighted by atomic mass is 32.2.